The zero-order chi connectivity index (χ0) is 17.2. The van der Waals surface area contributed by atoms with Crippen LogP contribution < -0.4 is 5.32 Å². The Labute approximate surface area is 150 Å². The van der Waals surface area contributed by atoms with Gasteiger partial charge in [-0.1, -0.05) is 11.6 Å². The Kier molecular flexibility index (Phi) is 5.68. The van der Waals surface area contributed by atoms with Crippen LogP contribution in [0.25, 0.3) is 0 Å². The lowest BCUT2D eigenvalue weighted by Crippen LogP contribution is -2.59. The molecule has 1 aromatic carbocycles. The molecule has 1 saturated carbocycles. The van der Waals surface area contributed by atoms with Crippen LogP contribution in [0.1, 0.15) is 38.5 Å². The highest BCUT2D eigenvalue weighted by Gasteiger charge is 2.39. The molecule has 3 rings (SSSR count). The van der Waals surface area contributed by atoms with Gasteiger partial charge in [0, 0.05) is 24.8 Å². The molecule has 1 heterocycles. The predicted octanol–water partition coefficient (Wildman–Crippen LogP) is 4.39. The highest BCUT2D eigenvalue weighted by atomic mass is 35.5. The van der Waals surface area contributed by atoms with E-state index in [-0.39, 0.29) is 16.5 Å². The molecule has 0 aromatic heterocycles. The van der Waals surface area contributed by atoms with Gasteiger partial charge in [-0.15, -0.1) is 0 Å². The Balaban J connectivity index is 1.76. The van der Waals surface area contributed by atoms with Gasteiger partial charge in [0.05, 0.1) is 10.7 Å². The van der Waals surface area contributed by atoms with E-state index < -0.39 is 0 Å². The highest BCUT2D eigenvalue weighted by Crippen LogP contribution is 2.37. The van der Waals surface area contributed by atoms with Crippen LogP contribution in [0.4, 0.5) is 10.1 Å². The van der Waals surface area contributed by atoms with Gasteiger partial charge in [0.1, 0.15) is 5.82 Å². The van der Waals surface area contributed by atoms with Crippen LogP contribution in [0, 0.1) is 12.2 Å². The monoisotopic (exact) mass is 352 g/mol. The molecule has 1 aromatic rings. The molecular formula is C19H28ClFN3. The van der Waals surface area contributed by atoms with Gasteiger partial charge in [-0.25, -0.2) is 4.39 Å². The van der Waals surface area contributed by atoms with E-state index in [1.165, 1.54) is 31.7 Å². The van der Waals surface area contributed by atoms with Crippen molar-refractivity contribution < 1.29 is 4.39 Å². The Morgan fingerprint density at radius 3 is 2.62 bits per heavy atom. The molecule has 3 nitrogen and oxygen atoms in total. The van der Waals surface area contributed by atoms with Crippen molar-refractivity contribution in [1.82, 2.24) is 9.80 Å². The summed E-state index contributed by atoms with van der Waals surface area (Å²) >= 11 is 5.97. The summed E-state index contributed by atoms with van der Waals surface area (Å²) in [4.78, 5) is 4.93. The van der Waals surface area contributed by atoms with Crippen LogP contribution in [0.3, 0.4) is 0 Å². The number of benzene rings is 1. The van der Waals surface area contributed by atoms with Crippen molar-refractivity contribution in [2.45, 2.75) is 50.2 Å². The summed E-state index contributed by atoms with van der Waals surface area (Å²) < 4.78 is 13.5. The van der Waals surface area contributed by atoms with Gasteiger partial charge >= 0.3 is 0 Å². The lowest BCUT2D eigenvalue weighted by Gasteiger charge is -2.50. The van der Waals surface area contributed by atoms with Crippen LogP contribution in [0.2, 0.25) is 5.02 Å². The smallest absolute Gasteiger partial charge is 0.141 e. The first-order valence-electron chi connectivity index (χ1n) is 8.96. The van der Waals surface area contributed by atoms with E-state index in [4.69, 9.17) is 11.6 Å². The third-order valence-electron chi connectivity index (χ3n) is 5.58. The van der Waals surface area contributed by atoms with Gasteiger partial charge in [-0.3, -0.25) is 4.90 Å². The molecule has 133 valence electrons. The summed E-state index contributed by atoms with van der Waals surface area (Å²) in [7, 11) is 4.34. The Morgan fingerprint density at radius 2 is 2.04 bits per heavy atom. The largest absolute Gasteiger partial charge is 0.367 e. The summed E-state index contributed by atoms with van der Waals surface area (Å²) in [5.74, 6) is -0.363. The van der Waals surface area contributed by atoms with Gasteiger partial charge in [0.15, 0.2) is 0 Å². The van der Waals surface area contributed by atoms with Crippen molar-refractivity contribution in [3.8, 4) is 0 Å². The second kappa shape index (κ2) is 7.59. The van der Waals surface area contributed by atoms with Gasteiger partial charge in [0.2, 0.25) is 0 Å². The average Bonchev–Trinajstić information content (AvgIpc) is 2.59. The minimum Gasteiger partial charge on any atom is -0.367 e. The van der Waals surface area contributed by atoms with Gasteiger partial charge < -0.3 is 10.2 Å². The molecule has 0 bridgehead atoms. The maximum absolute atomic E-state index is 13.5. The molecule has 2 fully saturated rings. The summed E-state index contributed by atoms with van der Waals surface area (Å²) in [6.07, 6.45) is 9.29. The van der Waals surface area contributed by atoms with Crippen LogP contribution in [0.15, 0.2) is 18.2 Å². The molecule has 1 aliphatic heterocycles. The molecule has 0 spiro atoms. The van der Waals surface area contributed by atoms with Gasteiger partial charge in [0.25, 0.3) is 0 Å². The fourth-order valence-corrected chi connectivity index (χ4v) is 4.29. The second-order valence-electron chi connectivity index (χ2n) is 7.35. The minimum atomic E-state index is -0.363. The molecule has 2 aliphatic rings. The van der Waals surface area contributed by atoms with Crippen molar-refractivity contribution >= 4 is 17.3 Å². The number of nitrogens with zero attached hydrogens (tertiary/aromatic N) is 2. The van der Waals surface area contributed by atoms with Crippen molar-refractivity contribution in [3.63, 3.8) is 0 Å². The molecule has 1 unspecified atom stereocenters. The van der Waals surface area contributed by atoms with Crippen molar-refractivity contribution in [2.24, 2.45) is 0 Å². The zero-order valence-electron chi connectivity index (χ0n) is 14.7. The number of hydrogen-bond acceptors (Lipinski definition) is 3. The molecule has 1 aliphatic carbocycles. The predicted molar refractivity (Wildman–Crippen MR) is 98.8 cm³/mol. The Bertz CT molecular complexity index is 550. The van der Waals surface area contributed by atoms with E-state index in [9.17, 15) is 4.39 Å². The normalized spacial score (nSPS) is 22.7. The summed E-state index contributed by atoms with van der Waals surface area (Å²) in [6, 6.07) is 5.62. The fraction of sp³-hybridized carbons (Fsp3) is 0.632. The third kappa shape index (κ3) is 3.87. The number of halogens is 2. The Morgan fingerprint density at radius 1 is 1.29 bits per heavy atom. The first-order valence-corrected chi connectivity index (χ1v) is 9.34. The molecule has 1 atom stereocenters. The first-order chi connectivity index (χ1) is 11.5. The van der Waals surface area contributed by atoms with Gasteiger partial charge in [-0.2, -0.15) is 0 Å². The third-order valence-corrected chi connectivity index (χ3v) is 5.87. The number of nitrogens with one attached hydrogen (secondary N) is 1. The first kappa shape index (κ1) is 18.0. The van der Waals surface area contributed by atoms with E-state index in [2.05, 4.69) is 35.6 Å². The highest BCUT2D eigenvalue weighted by molar-refractivity contribution is 6.31. The second-order valence-corrected chi connectivity index (χ2v) is 7.76. The molecule has 5 heteroatoms. The number of hydrogen-bond donors (Lipinski definition) is 1. The molecule has 24 heavy (non-hydrogen) atoms. The van der Waals surface area contributed by atoms with Crippen molar-refractivity contribution in [2.75, 3.05) is 32.5 Å². The Hall–Kier alpha value is -0.840. The number of anilines is 1. The van der Waals surface area contributed by atoms with E-state index >= 15 is 0 Å². The van der Waals surface area contributed by atoms with E-state index in [0.29, 0.717) is 6.04 Å². The van der Waals surface area contributed by atoms with Gasteiger partial charge in [-0.05, 0) is 77.2 Å². The summed E-state index contributed by atoms with van der Waals surface area (Å²) in [6.45, 7) is 2.19. The molecule has 1 radical (unpaired) electrons. The van der Waals surface area contributed by atoms with E-state index in [1.54, 1.807) is 12.1 Å². The zero-order valence-corrected chi connectivity index (χ0v) is 15.4. The minimum absolute atomic E-state index is 0.0588. The molecular weight excluding hydrogens is 325 g/mol. The lowest BCUT2D eigenvalue weighted by atomic mass is 9.85. The lowest BCUT2D eigenvalue weighted by molar-refractivity contribution is 0.0425. The van der Waals surface area contributed by atoms with E-state index in [0.717, 1.165) is 31.6 Å². The molecule has 1 N–H and O–H groups in total. The average molecular weight is 353 g/mol. The summed E-state index contributed by atoms with van der Waals surface area (Å²) in [5, 5.41) is 3.89. The maximum Gasteiger partial charge on any atom is 0.141 e. The van der Waals surface area contributed by atoms with Crippen LogP contribution >= 0.6 is 11.6 Å². The van der Waals surface area contributed by atoms with Crippen molar-refractivity contribution in [1.29, 1.82) is 0 Å². The van der Waals surface area contributed by atoms with Crippen LogP contribution in [0.5, 0.6) is 0 Å². The molecule has 0 amide bonds. The number of rotatable bonds is 4. The quantitative estimate of drug-likeness (QED) is 0.866. The maximum atomic E-state index is 13.5. The number of likely N-dealkylation sites (tertiary alicyclic amines) is 1. The standard InChI is InChI=1S/C19H28ClFN3/c1-23(2)16-8-12-24(13-9-16)19(10-4-3-5-11-19)22-15-6-7-18(21)17(20)14-15/h4,6-7,14,16,22H,3,5,8-13H2,1-2H3. The SMILES string of the molecule is CN(C)C1CCN(C2(Nc3ccc(F)c(Cl)c3)C[CH]CCC2)CC1. The van der Waals surface area contributed by atoms with Crippen molar-refractivity contribution in [3.05, 3.63) is 35.5 Å². The van der Waals surface area contributed by atoms with E-state index in [1.807, 2.05) is 0 Å². The number of piperidine rings is 1. The van der Waals surface area contributed by atoms with Crippen LogP contribution in [-0.2, 0) is 0 Å². The topological polar surface area (TPSA) is 18.5 Å². The summed E-state index contributed by atoms with van der Waals surface area (Å²) in [5.41, 5.74) is 0.850. The molecule has 1 saturated heterocycles. The fourth-order valence-electron chi connectivity index (χ4n) is 4.11. The van der Waals surface area contributed by atoms with Crippen LogP contribution in [-0.4, -0.2) is 48.7 Å².